The van der Waals surface area contributed by atoms with E-state index < -0.39 is 5.97 Å². The molecule has 0 aromatic heterocycles. The van der Waals surface area contributed by atoms with Gasteiger partial charge in [0.2, 0.25) is 0 Å². The van der Waals surface area contributed by atoms with Gasteiger partial charge in [-0.2, -0.15) is 0 Å². The zero-order valence-electron chi connectivity index (χ0n) is 10.7. The molecule has 0 spiro atoms. The number of hydrogen-bond acceptors (Lipinski definition) is 4. The van der Waals surface area contributed by atoms with Crippen LogP contribution >= 0.6 is 0 Å². The molecule has 1 aromatic rings. The molecule has 1 aromatic carbocycles. The predicted molar refractivity (Wildman–Crippen MR) is 67.7 cm³/mol. The van der Waals surface area contributed by atoms with Crippen LogP contribution in [0.15, 0.2) is 18.2 Å². The largest absolute Gasteiger partial charge is 0.508 e. The number of esters is 1. The van der Waals surface area contributed by atoms with Crippen LogP contribution in [-0.4, -0.2) is 23.5 Å². The van der Waals surface area contributed by atoms with Gasteiger partial charge in [-0.15, -0.1) is 0 Å². The second kappa shape index (κ2) is 6.79. The Labute approximate surface area is 107 Å². The van der Waals surface area contributed by atoms with E-state index in [-0.39, 0.29) is 18.0 Å². The molecule has 1 rings (SSSR count). The van der Waals surface area contributed by atoms with Gasteiger partial charge in [0, 0.05) is 17.5 Å². The predicted octanol–water partition coefficient (Wildman–Crippen LogP) is 2.48. The Bertz CT molecular complexity index is 437. The van der Waals surface area contributed by atoms with Crippen LogP contribution in [0, 0.1) is 0 Å². The summed E-state index contributed by atoms with van der Waals surface area (Å²) in [6.45, 7) is 3.99. The van der Waals surface area contributed by atoms with Gasteiger partial charge in [-0.05, 0) is 12.5 Å². The van der Waals surface area contributed by atoms with Gasteiger partial charge in [0.1, 0.15) is 5.75 Å². The highest BCUT2D eigenvalue weighted by Crippen LogP contribution is 2.23. The van der Waals surface area contributed by atoms with Gasteiger partial charge in [-0.1, -0.05) is 26.0 Å². The monoisotopic (exact) mass is 250 g/mol. The summed E-state index contributed by atoms with van der Waals surface area (Å²) in [5, 5.41) is 9.75. The van der Waals surface area contributed by atoms with Crippen LogP contribution in [-0.2, 0) is 16.0 Å². The van der Waals surface area contributed by atoms with Crippen molar-refractivity contribution in [2.24, 2.45) is 0 Å². The molecule has 0 radical (unpaired) electrons. The number of aromatic hydroxyl groups is 1. The number of phenolic OH excluding ortho intramolecular Hbond substituents is 1. The molecule has 0 atom stereocenters. The second-order valence-corrected chi connectivity index (χ2v) is 3.98. The number of phenols is 1. The van der Waals surface area contributed by atoms with E-state index in [0.717, 1.165) is 6.42 Å². The van der Waals surface area contributed by atoms with Crippen molar-refractivity contribution in [3.63, 3.8) is 0 Å². The van der Waals surface area contributed by atoms with E-state index >= 15 is 0 Å². The van der Waals surface area contributed by atoms with E-state index in [1.807, 2.05) is 6.92 Å². The molecule has 0 bridgehead atoms. The Morgan fingerprint density at radius 1 is 1.28 bits per heavy atom. The Hall–Kier alpha value is -1.84. The van der Waals surface area contributed by atoms with Crippen LogP contribution < -0.4 is 0 Å². The summed E-state index contributed by atoms with van der Waals surface area (Å²) >= 11 is 0. The van der Waals surface area contributed by atoms with E-state index in [1.54, 1.807) is 19.1 Å². The van der Waals surface area contributed by atoms with Crippen molar-refractivity contribution in [1.29, 1.82) is 0 Å². The molecule has 0 fully saturated rings. The highest BCUT2D eigenvalue weighted by Gasteiger charge is 2.16. The SMILES string of the molecule is CCCOC(=O)Cc1c(O)cccc1C(=O)CC. The first kappa shape index (κ1) is 14.2. The number of rotatable bonds is 6. The lowest BCUT2D eigenvalue weighted by molar-refractivity contribution is -0.142. The number of hydrogen-bond donors (Lipinski definition) is 1. The second-order valence-electron chi connectivity index (χ2n) is 3.98. The van der Waals surface area contributed by atoms with Crippen molar-refractivity contribution in [3.05, 3.63) is 29.3 Å². The minimum Gasteiger partial charge on any atom is -0.508 e. The molecule has 0 aliphatic carbocycles. The molecular formula is C14H18O4. The molecule has 1 N–H and O–H groups in total. The zero-order valence-corrected chi connectivity index (χ0v) is 10.7. The number of Topliss-reactive ketones (excluding diaryl/α,β-unsaturated/α-hetero) is 1. The van der Waals surface area contributed by atoms with Gasteiger partial charge in [0.25, 0.3) is 0 Å². The number of carbonyl (C=O) groups is 2. The fourth-order valence-corrected chi connectivity index (χ4v) is 1.62. The molecule has 98 valence electrons. The maximum absolute atomic E-state index is 11.7. The maximum Gasteiger partial charge on any atom is 0.310 e. The van der Waals surface area contributed by atoms with Gasteiger partial charge in [-0.25, -0.2) is 0 Å². The van der Waals surface area contributed by atoms with Gasteiger partial charge >= 0.3 is 5.97 Å². The highest BCUT2D eigenvalue weighted by molar-refractivity contribution is 5.98. The van der Waals surface area contributed by atoms with E-state index in [0.29, 0.717) is 24.2 Å². The Balaban J connectivity index is 2.92. The molecule has 0 unspecified atom stereocenters. The van der Waals surface area contributed by atoms with E-state index in [1.165, 1.54) is 6.07 Å². The van der Waals surface area contributed by atoms with Crippen LogP contribution in [0.3, 0.4) is 0 Å². The van der Waals surface area contributed by atoms with E-state index in [9.17, 15) is 14.7 Å². The highest BCUT2D eigenvalue weighted by atomic mass is 16.5. The molecule has 0 heterocycles. The molecular weight excluding hydrogens is 232 g/mol. The van der Waals surface area contributed by atoms with Gasteiger partial charge in [0.15, 0.2) is 5.78 Å². The standard InChI is InChI=1S/C14H18O4/c1-3-8-18-14(17)9-11-10(12(15)4-2)6-5-7-13(11)16/h5-7,16H,3-4,8-9H2,1-2H3. The van der Waals surface area contributed by atoms with Crippen molar-refractivity contribution < 1.29 is 19.4 Å². The van der Waals surface area contributed by atoms with Crippen LogP contribution in [0.25, 0.3) is 0 Å². The molecule has 4 heteroatoms. The lowest BCUT2D eigenvalue weighted by Crippen LogP contribution is -2.12. The Morgan fingerprint density at radius 2 is 2.00 bits per heavy atom. The summed E-state index contributed by atoms with van der Waals surface area (Å²) < 4.78 is 4.96. The molecule has 0 aliphatic heterocycles. The van der Waals surface area contributed by atoms with Gasteiger partial charge < -0.3 is 9.84 Å². The minimum atomic E-state index is -0.427. The first-order valence-corrected chi connectivity index (χ1v) is 6.09. The van der Waals surface area contributed by atoms with Crippen molar-refractivity contribution in [2.45, 2.75) is 33.1 Å². The van der Waals surface area contributed by atoms with Crippen molar-refractivity contribution in [3.8, 4) is 5.75 Å². The summed E-state index contributed by atoms with van der Waals surface area (Å²) in [5.41, 5.74) is 0.747. The van der Waals surface area contributed by atoms with Gasteiger partial charge in [-0.3, -0.25) is 9.59 Å². The molecule has 0 aliphatic rings. The number of benzene rings is 1. The van der Waals surface area contributed by atoms with E-state index in [4.69, 9.17) is 4.74 Å². The summed E-state index contributed by atoms with van der Waals surface area (Å²) in [6.07, 6.45) is 1.00. The molecule has 0 saturated carbocycles. The lowest BCUT2D eigenvalue weighted by Gasteiger charge is -2.09. The molecule has 0 saturated heterocycles. The third-order valence-corrected chi connectivity index (χ3v) is 2.56. The topological polar surface area (TPSA) is 63.6 Å². The average molecular weight is 250 g/mol. The summed E-state index contributed by atoms with van der Waals surface area (Å²) in [4.78, 5) is 23.3. The van der Waals surface area contributed by atoms with Crippen molar-refractivity contribution in [1.82, 2.24) is 0 Å². The number of ketones is 1. The van der Waals surface area contributed by atoms with Crippen LogP contribution in [0.5, 0.6) is 5.75 Å². The Morgan fingerprint density at radius 3 is 2.61 bits per heavy atom. The maximum atomic E-state index is 11.7. The average Bonchev–Trinajstić information content (AvgIpc) is 2.37. The van der Waals surface area contributed by atoms with Crippen LogP contribution in [0.2, 0.25) is 0 Å². The van der Waals surface area contributed by atoms with Gasteiger partial charge in [0.05, 0.1) is 13.0 Å². The molecule has 4 nitrogen and oxygen atoms in total. The smallest absolute Gasteiger partial charge is 0.310 e. The minimum absolute atomic E-state index is 0.0391. The van der Waals surface area contributed by atoms with E-state index in [2.05, 4.69) is 0 Å². The van der Waals surface area contributed by atoms with Crippen molar-refractivity contribution >= 4 is 11.8 Å². The number of ether oxygens (including phenoxy) is 1. The summed E-state index contributed by atoms with van der Waals surface area (Å²) in [7, 11) is 0. The summed E-state index contributed by atoms with van der Waals surface area (Å²) in [6, 6.07) is 4.68. The van der Waals surface area contributed by atoms with Crippen LogP contribution in [0.4, 0.5) is 0 Å². The van der Waals surface area contributed by atoms with Crippen molar-refractivity contribution in [2.75, 3.05) is 6.61 Å². The lowest BCUT2D eigenvalue weighted by atomic mass is 9.99. The Kier molecular flexibility index (Phi) is 5.36. The quantitative estimate of drug-likeness (QED) is 0.622. The first-order valence-electron chi connectivity index (χ1n) is 6.09. The summed E-state index contributed by atoms with van der Waals surface area (Å²) in [5.74, 6) is -0.560. The third kappa shape index (κ3) is 3.58. The first-order chi connectivity index (χ1) is 8.60. The fourth-order valence-electron chi connectivity index (χ4n) is 1.62. The molecule has 0 amide bonds. The third-order valence-electron chi connectivity index (χ3n) is 2.56. The zero-order chi connectivity index (χ0) is 13.5. The normalized spacial score (nSPS) is 10.1. The fraction of sp³-hybridized carbons (Fsp3) is 0.429. The molecule has 18 heavy (non-hydrogen) atoms. The van der Waals surface area contributed by atoms with Crippen LogP contribution in [0.1, 0.15) is 42.6 Å². The number of carbonyl (C=O) groups excluding carboxylic acids is 2.